The van der Waals surface area contributed by atoms with Crippen LogP contribution in [0.3, 0.4) is 0 Å². The SMILES string of the molecule is O=S([O-])c1ccc(C2CCCCC2S(=O)[O-])cc1.[Li+].[Li+].[OH-].[OH-]. The second kappa shape index (κ2) is 12.9. The van der Waals surface area contributed by atoms with Crippen molar-refractivity contribution in [3.05, 3.63) is 29.8 Å². The number of rotatable bonds is 3. The van der Waals surface area contributed by atoms with Crippen LogP contribution in [-0.4, -0.2) is 33.7 Å². The topological polar surface area (TPSA) is 140 Å². The molecule has 0 amide bonds. The van der Waals surface area contributed by atoms with E-state index in [4.69, 9.17) is 0 Å². The van der Waals surface area contributed by atoms with Gasteiger partial charge in [0.05, 0.1) is 0 Å². The quantitative estimate of drug-likeness (QED) is 0.403. The summed E-state index contributed by atoms with van der Waals surface area (Å²) in [5.41, 5.74) is 0.915. The molecule has 0 aliphatic heterocycles. The molecular formula is C12H16Li2O6S2-2. The molecule has 0 saturated heterocycles. The average Bonchev–Trinajstić information content (AvgIpc) is 2.39. The summed E-state index contributed by atoms with van der Waals surface area (Å²) in [4.78, 5) is 0.231. The molecule has 1 aliphatic carbocycles. The van der Waals surface area contributed by atoms with Crippen molar-refractivity contribution in [1.82, 2.24) is 0 Å². The number of benzene rings is 1. The molecule has 0 spiro atoms. The summed E-state index contributed by atoms with van der Waals surface area (Å²) in [7, 11) is 0. The van der Waals surface area contributed by atoms with E-state index < -0.39 is 22.2 Å². The normalized spacial score (nSPS) is 22.6. The van der Waals surface area contributed by atoms with Gasteiger partial charge in [0.2, 0.25) is 0 Å². The van der Waals surface area contributed by atoms with Crippen molar-refractivity contribution >= 4 is 22.2 Å². The maximum atomic E-state index is 11.2. The van der Waals surface area contributed by atoms with Gasteiger partial charge in [-0.05, 0) is 47.5 Å². The van der Waals surface area contributed by atoms with Crippen molar-refractivity contribution in [1.29, 1.82) is 0 Å². The Labute approximate surface area is 159 Å². The van der Waals surface area contributed by atoms with Gasteiger partial charge in [-0.15, -0.1) is 0 Å². The predicted molar refractivity (Wildman–Crippen MR) is 71.4 cm³/mol. The van der Waals surface area contributed by atoms with Crippen LogP contribution < -0.4 is 37.7 Å². The molecule has 0 aromatic heterocycles. The minimum Gasteiger partial charge on any atom is -0.870 e. The first-order chi connectivity index (χ1) is 8.59. The minimum absolute atomic E-state index is 0. The summed E-state index contributed by atoms with van der Waals surface area (Å²) in [6, 6.07) is 6.50. The van der Waals surface area contributed by atoms with Gasteiger partial charge in [-0.1, -0.05) is 36.1 Å². The summed E-state index contributed by atoms with van der Waals surface area (Å²) in [5.74, 6) is -0.00813. The Kier molecular flexibility index (Phi) is 16.1. The van der Waals surface area contributed by atoms with Crippen molar-refractivity contribution in [2.75, 3.05) is 0 Å². The molecule has 116 valence electrons. The molecule has 0 bridgehead atoms. The molecular weight excluding hydrogens is 318 g/mol. The van der Waals surface area contributed by atoms with Crippen LogP contribution in [0.25, 0.3) is 0 Å². The molecule has 1 aliphatic rings. The molecule has 6 nitrogen and oxygen atoms in total. The van der Waals surface area contributed by atoms with E-state index in [0.717, 1.165) is 24.8 Å². The number of hydrogen-bond donors (Lipinski definition) is 0. The van der Waals surface area contributed by atoms with Crippen LogP contribution in [-0.2, 0) is 22.2 Å². The Morgan fingerprint density at radius 1 is 0.909 bits per heavy atom. The predicted octanol–water partition coefficient (Wildman–Crippen LogP) is -4.52. The van der Waals surface area contributed by atoms with E-state index >= 15 is 0 Å². The van der Waals surface area contributed by atoms with Crippen molar-refractivity contribution in [2.24, 2.45) is 0 Å². The Bertz CT molecular complexity index is 471. The minimum atomic E-state index is -2.23. The van der Waals surface area contributed by atoms with Gasteiger partial charge in [0, 0.05) is 10.1 Å². The maximum Gasteiger partial charge on any atom is 1.00 e. The van der Waals surface area contributed by atoms with E-state index in [1.165, 1.54) is 12.1 Å². The fourth-order valence-electron chi connectivity index (χ4n) is 2.53. The molecule has 22 heavy (non-hydrogen) atoms. The third-order valence-electron chi connectivity index (χ3n) is 3.45. The van der Waals surface area contributed by atoms with Crippen LogP contribution in [0.4, 0.5) is 0 Å². The van der Waals surface area contributed by atoms with Crippen LogP contribution in [0.1, 0.15) is 37.2 Å². The first-order valence-corrected chi connectivity index (χ1v) is 8.08. The molecule has 4 unspecified atom stereocenters. The molecule has 0 radical (unpaired) electrons. The van der Waals surface area contributed by atoms with Gasteiger partial charge in [0.15, 0.2) is 0 Å². The average molecular weight is 334 g/mol. The van der Waals surface area contributed by atoms with E-state index in [9.17, 15) is 17.5 Å². The monoisotopic (exact) mass is 334 g/mol. The molecule has 1 aromatic rings. The van der Waals surface area contributed by atoms with Crippen molar-refractivity contribution in [3.8, 4) is 0 Å². The Balaban J connectivity index is -0.000000902. The zero-order valence-electron chi connectivity index (χ0n) is 12.6. The Morgan fingerprint density at radius 3 is 1.86 bits per heavy atom. The van der Waals surface area contributed by atoms with Gasteiger partial charge >= 0.3 is 37.7 Å². The molecule has 4 atom stereocenters. The van der Waals surface area contributed by atoms with E-state index in [2.05, 4.69) is 0 Å². The summed E-state index contributed by atoms with van der Waals surface area (Å²) in [6.07, 6.45) is 3.50. The zero-order valence-corrected chi connectivity index (χ0v) is 14.3. The van der Waals surface area contributed by atoms with Gasteiger partial charge in [-0.3, -0.25) is 8.42 Å². The molecule has 0 heterocycles. The Morgan fingerprint density at radius 2 is 1.41 bits per heavy atom. The summed E-state index contributed by atoms with van der Waals surface area (Å²) in [5, 5.41) is -0.345. The number of hydrogen-bond acceptors (Lipinski definition) is 6. The largest absolute Gasteiger partial charge is 1.00 e. The van der Waals surface area contributed by atoms with Gasteiger partial charge in [0.1, 0.15) is 0 Å². The molecule has 1 saturated carbocycles. The summed E-state index contributed by atoms with van der Waals surface area (Å²) < 4.78 is 44.0. The fourth-order valence-corrected chi connectivity index (χ4v) is 3.81. The van der Waals surface area contributed by atoms with Crippen LogP contribution in [0.2, 0.25) is 0 Å². The van der Waals surface area contributed by atoms with Gasteiger partial charge in [-0.25, -0.2) is 0 Å². The van der Waals surface area contributed by atoms with E-state index in [-0.39, 0.29) is 64.7 Å². The van der Waals surface area contributed by atoms with Crippen molar-refractivity contribution in [2.45, 2.75) is 41.7 Å². The van der Waals surface area contributed by atoms with E-state index in [1.807, 2.05) is 0 Å². The molecule has 2 rings (SSSR count). The molecule has 1 aromatic carbocycles. The third-order valence-corrected chi connectivity index (χ3v) is 5.17. The van der Waals surface area contributed by atoms with Crippen molar-refractivity contribution < 1.29 is 66.2 Å². The first-order valence-electron chi connectivity index (χ1n) is 5.87. The molecule has 10 heteroatoms. The maximum absolute atomic E-state index is 11.2. The first kappa shape index (κ1) is 27.4. The van der Waals surface area contributed by atoms with Crippen LogP contribution in [0.5, 0.6) is 0 Å². The third kappa shape index (κ3) is 6.98. The van der Waals surface area contributed by atoms with E-state index in [0.29, 0.717) is 6.42 Å². The van der Waals surface area contributed by atoms with Gasteiger partial charge in [-0.2, -0.15) is 0 Å². The zero-order chi connectivity index (χ0) is 13.1. The molecule has 1 fully saturated rings. The summed E-state index contributed by atoms with van der Waals surface area (Å²) >= 11 is -4.30. The summed E-state index contributed by atoms with van der Waals surface area (Å²) in [6.45, 7) is 0. The van der Waals surface area contributed by atoms with Crippen LogP contribution in [0.15, 0.2) is 29.2 Å². The van der Waals surface area contributed by atoms with Gasteiger partial charge in [0.25, 0.3) is 0 Å². The fraction of sp³-hybridized carbons (Fsp3) is 0.500. The smallest absolute Gasteiger partial charge is 0.870 e. The van der Waals surface area contributed by atoms with Crippen molar-refractivity contribution in [3.63, 3.8) is 0 Å². The Hall–Kier alpha value is 0.555. The van der Waals surface area contributed by atoms with Gasteiger partial charge < -0.3 is 20.1 Å². The van der Waals surface area contributed by atoms with Crippen LogP contribution in [0, 0.1) is 0 Å². The standard InChI is InChI=1S/C12H16O4S2.2Li.2H2O/c13-17(14)10-7-5-9(6-8-10)11-3-1-2-4-12(11)18(15)16;;;;/h5-8,11-12H,1-4H2,(H,13,14)(H,15,16);;;2*1H2/q;2*+1;;/p-4. The van der Waals surface area contributed by atoms with Crippen LogP contribution >= 0.6 is 0 Å². The second-order valence-electron chi connectivity index (χ2n) is 4.49. The second-order valence-corrected chi connectivity index (χ2v) is 6.56. The van der Waals surface area contributed by atoms with E-state index in [1.54, 1.807) is 12.1 Å². The molecule has 2 N–H and O–H groups in total.